The first-order chi connectivity index (χ1) is 11.0. The van der Waals surface area contributed by atoms with E-state index in [9.17, 15) is 28.7 Å². The highest BCUT2D eigenvalue weighted by Crippen LogP contribution is 2.47. The lowest BCUT2D eigenvalue weighted by molar-refractivity contribution is -0.719. The van der Waals surface area contributed by atoms with Gasteiger partial charge in [0, 0.05) is 38.1 Å². The van der Waals surface area contributed by atoms with E-state index in [1.165, 1.54) is 35.4 Å². The Kier molecular flexibility index (Phi) is 9.10. The van der Waals surface area contributed by atoms with E-state index in [4.69, 9.17) is 0 Å². The molecule has 146 valence electrons. The van der Waals surface area contributed by atoms with Gasteiger partial charge in [-0.1, -0.05) is 0 Å². The minimum absolute atomic E-state index is 0. The van der Waals surface area contributed by atoms with Gasteiger partial charge in [-0.2, -0.15) is 9.13 Å². The zero-order chi connectivity index (χ0) is 18.1. The molecule has 0 spiro atoms. The Morgan fingerprint density at radius 3 is 1.31 bits per heavy atom. The van der Waals surface area contributed by atoms with Gasteiger partial charge in [0.25, 0.3) is 23.0 Å². The van der Waals surface area contributed by atoms with Gasteiger partial charge in [-0.3, -0.25) is 9.13 Å². The summed E-state index contributed by atoms with van der Waals surface area (Å²) < 4.78 is 26.1. The molecule has 2 unspecified atom stereocenters. The van der Waals surface area contributed by atoms with E-state index in [2.05, 4.69) is 0 Å². The van der Waals surface area contributed by atoms with Gasteiger partial charge in [-0.05, 0) is 12.1 Å². The number of aromatic nitrogens is 2. The van der Waals surface area contributed by atoms with Crippen molar-refractivity contribution in [3.8, 4) is 11.4 Å². The van der Waals surface area contributed by atoms with Gasteiger partial charge in [0.2, 0.25) is 0 Å². The number of nitrogens with zero attached hydrogens (tertiary/aromatic N) is 2. The Bertz CT molecular complexity index is 772. The van der Waals surface area contributed by atoms with Crippen molar-refractivity contribution in [1.82, 2.24) is 0 Å². The lowest BCUT2D eigenvalue weighted by Gasteiger charge is -2.14. The SMILES string of the molecule is CC([n+]1ccccc1-c1cccc[n+]1C(C)P(=O)(O)O)P(=O)(O)O.[Cl-].[Cl-]. The van der Waals surface area contributed by atoms with Crippen LogP contribution >= 0.6 is 15.2 Å². The van der Waals surface area contributed by atoms with E-state index >= 15 is 0 Å². The fourth-order valence-electron chi connectivity index (χ4n) is 2.32. The zero-order valence-electron chi connectivity index (χ0n) is 13.9. The molecule has 0 bridgehead atoms. The molecule has 2 rings (SSSR count). The van der Waals surface area contributed by atoms with Gasteiger partial charge >= 0.3 is 15.2 Å². The number of rotatable bonds is 5. The summed E-state index contributed by atoms with van der Waals surface area (Å²) in [5.74, 6) is -2.24. The van der Waals surface area contributed by atoms with E-state index in [-0.39, 0.29) is 24.8 Å². The van der Waals surface area contributed by atoms with Crippen molar-refractivity contribution in [1.29, 1.82) is 0 Å². The summed E-state index contributed by atoms with van der Waals surface area (Å²) in [5.41, 5.74) is 0.878. The van der Waals surface area contributed by atoms with Crippen molar-refractivity contribution in [2.24, 2.45) is 0 Å². The number of hydrogen-bond donors (Lipinski definition) is 4. The first-order valence-corrected chi connectivity index (χ1v) is 10.5. The Morgan fingerprint density at radius 2 is 1.04 bits per heavy atom. The van der Waals surface area contributed by atoms with Crippen molar-refractivity contribution in [3.63, 3.8) is 0 Å². The van der Waals surface area contributed by atoms with Gasteiger partial charge in [-0.15, -0.1) is 0 Å². The second kappa shape index (κ2) is 9.40. The van der Waals surface area contributed by atoms with Crippen LogP contribution in [0.5, 0.6) is 0 Å². The maximum Gasteiger partial charge on any atom is 0.392 e. The van der Waals surface area contributed by atoms with Gasteiger partial charge < -0.3 is 44.4 Å². The number of halogens is 2. The van der Waals surface area contributed by atoms with Crippen LogP contribution in [0.25, 0.3) is 11.4 Å². The van der Waals surface area contributed by atoms with Crippen LogP contribution in [0.4, 0.5) is 0 Å². The van der Waals surface area contributed by atoms with Gasteiger partial charge in [0.15, 0.2) is 12.4 Å². The molecule has 2 aromatic heterocycles. The third-order valence-electron chi connectivity index (χ3n) is 3.82. The minimum atomic E-state index is -4.40. The molecular weight excluding hydrogens is 425 g/mol. The molecule has 0 fully saturated rings. The second-order valence-electron chi connectivity index (χ2n) is 5.43. The molecule has 0 aliphatic heterocycles. The van der Waals surface area contributed by atoms with Gasteiger partial charge in [0.1, 0.15) is 0 Å². The normalized spacial score (nSPS) is 13.9. The first-order valence-electron chi connectivity index (χ1n) is 7.14. The maximum absolute atomic E-state index is 11.6. The van der Waals surface area contributed by atoms with Crippen LogP contribution < -0.4 is 33.9 Å². The van der Waals surface area contributed by atoms with Crippen LogP contribution in [0.1, 0.15) is 25.4 Å². The van der Waals surface area contributed by atoms with Crippen molar-refractivity contribution in [2.45, 2.75) is 25.4 Å². The molecule has 0 aliphatic carbocycles. The molecule has 4 N–H and O–H groups in total. The summed E-state index contributed by atoms with van der Waals surface area (Å²) in [7, 11) is -8.79. The van der Waals surface area contributed by atoms with Gasteiger partial charge in [0.05, 0.1) is 0 Å². The molecule has 0 saturated carbocycles. The van der Waals surface area contributed by atoms with Crippen LogP contribution in [0.15, 0.2) is 48.8 Å². The number of pyridine rings is 2. The van der Waals surface area contributed by atoms with Crippen LogP contribution in [0.3, 0.4) is 0 Å². The average Bonchev–Trinajstić information content (AvgIpc) is 2.51. The largest absolute Gasteiger partial charge is 1.00 e. The Labute approximate surface area is 163 Å². The summed E-state index contributed by atoms with van der Waals surface area (Å²) in [5, 5.41) is 0. The smallest absolute Gasteiger partial charge is 0.392 e. The Morgan fingerprint density at radius 1 is 0.731 bits per heavy atom. The molecule has 0 amide bonds. The van der Waals surface area contributed by atoms with Crippen LogP contribution in [-0.2, 0) is 9.13 Å². The first kappa shape index (κ1) is 25.2. The number of hydrogen-bond acceptors (Lipinski definition) is 2. The van der Waals surface area contributed by atoms with Crippen molar-refractivity contribution < 1.29 is 62.7 Å². The molecule has 8 nitrogen and oxygen atoms in total. The molecule has 2 heterocycles. The van der Waals surface area contributed by atoms with Crippen LogP contribution in [0.2, 0.25) is 0 Å². The highest BCUT2D eigenvalue weighted by Gasteiger charge is 2.40. The molecule has 0 radical (unpaired) electrons. The van der Waals surface area contributed by atoms with E-state index in [1.807, 2.05) is 0 Å². The fourth-order valence-corrected chi connectivity index (χ4v) is 3.37. The molecule has 0 aliphatic rings. The van der Waals surface area contributed by atoms with E-state index in [1.54, 1.807) is 36.4 Å². The monoisotopic (exact) mass is 444 g/mol. The van der Waals surface area contributed by atoms with E-state index < -0.39 is 26.8 Å². The van der Waals surface area contributed by atoms with Crippen LogP contribution in [-0.4, -0.2) is 19.6 Å². The molecule has 12 heteroatoms. The predicted octanol–water partition coefficient (Wildman–Crippen LogP) is -4.67. The van der Waals surface area contributed by atoms with Crippen molar-refractivity contribution >= 4 is 15.2 Å². The standard InChI is InChI=1S/C14H18N2O6P2.2ClH/c1-11(23(17,18)19)15-9-5-3-7-13(15)14-8-4-6-10-16(14)12(2)24(20,21)22;;/h3-12H,1-2H3,(H2-2,17,18,19,20,21,22);2*1H. The topological polar surface area (TPSA) is 123 Å². The lowest BCUT2D eigenvalue weighted by atomic mass is 10.2. The van der Waals surface area contributed by atoms with Crippen LogP contribution in [0, 0.1) is 0 Å². The van der Waals surface area contributed by atoms with Gasteiger partial charge in [-0.25, -0.2) is 0 Å². The average molecular weight is 445 g/mol. The molecule has 26 heavy (non-hydrogen) atoms. The van der Waals surface area contributed by atoms with E-state index in [0.717, 1.165) is 0 Å². The highest BCUT2D eigenvalue weighted by atomic mass is 35.5. The summed E-state index contributed by atoms with van der Waals surface area (Å²) in [6.45, 7) is 2.79. The third kappa shape index (κ3) is 5.59. The molecular formula is C14H20Cl2N2O6P2. The summed E-state index contributed by atoms with van der Waals surface area (Å²) in [6, 6.07) is 9.94. The zero-order valence-corrected chi connectivity index (χ0v) is 17.2. The molecule has 2 aromatic rings. The minimum Gasteiger partial charge on any atom is -1.00 e. The summed E-state index contributed by atoms with van der Waals surface area (Å²) in [4.78, 5) is 37.9. The Hall–Kier alpha value is -0.820. The molecule has 0 aromatic carbocycles. The predicted molar refractivity (Wildman–Crippen MR) is 85.8 cm³/mol. The van der Waals surface area contributed by atoms with E-state index in [0.29, 0.717) is 11.4 Å². The summed E-state index contributed by atoms with van der Waals surface area (Å²) in [6.07, 6.45) is 3.05. The quantitative estimate of drug-likeness (QED) is 0.271. The van der Waals surface area contributed by atoms with Crippen molar-refractivity contribution in [2.75, 3.05) is 0 Å². The molecule has 2 atom stereocenters. The van der Waals surface area contributed by atoms with Crippen molar-refractivity contribution in [3.05, 3.63) is 48.8 Å². The third-order valence-corrected chi connectivity index (χ3v) is 6.27. The molecule has 0 saturated heterocycles. The second-order valence-corrected chi connectivity index (χ2v) is 9.28. The fraction of sp³-hybridized carbons (Fsp3) is 0.286. The highest BCUT2D eigenvalue weighted by molar-refractivity contribution is 7.51. The maximum atomic E-state index is 11.6. The summed E-state index contributed by atoms with van der Waals surface area (Å²) >= 11 is 0. The lowest BCUT2D eigenvalue weighted by Crippen LogP contribution is -3.00. The Balaban J connectivity index is 0.00000312.